The van der Waals surface area contributed by atoms with Gasteiger partial charge in [0.05, 0.1) is 7.11 Å². The monoisotopic (exact) mass is 355 g/mol. The van der Waals surface area contributed by atoms with Crippen LogP contribution in [-0.2, 0) is 9.53 Å². The molecule has 27 heavy (non-hydrogen) atoms. The summed E-state index contributed by atoms with van der Waals surface area (Å²) in [5.41, 5.74) is 4.13. The zero-order valence-corrected chi connectivity index (χ0v) is 14.8. The van der Waals surface area contributed by atoms with Gasteiger partial charge in [0.25, 0.3) is 0 Å². The number of hydrogen-bond acceptors (Lipinski definition) is 4. The van der Waals surface area contributed by atoms with Crippen molar-refractivity contribution in [3.63, 3.8) is 0 Å². The fraction of sp³-hybridized carbons (Fsp3) is 0.0435. The standard InChI is InChI=1S/C23H17NO3/c1-26-20-13-7-16(8-14-20)15-21-23(25)27-22(24-21)19-11-9-18(10-12-19)17-5-3-2-4-6-17/h2-15H,1H3. The molecule has 132 valence electrons. The average Bonchev–Trinajstić information content (AvgIpc) is 3.10. The van der Waals surface area contributed by atoms with Gasteiger partial charge in [0, 0.05) is 5.56 Å². The molecule has 0 radical (unpaired) electrons. The van der Waals surface area contributed by atoms with Crippen molar-refractivity contribution >= 4 is 17.9 Å². The number of ether oxygens (including phenoxy) is 2. The molecule has 0 aliphatic carbocycles. The quantitative estimate of drug-likeness (QED) is 0.503. The fourth-order valence-corrected chi connectivity index (χ4v) is 2.83. The Hall–Kier alpha value is -3.66. The number of hydrogen-bond donors (Lipinski definition) is 0. The first-order valence-corrected chi connectivity index (χ1v) is 8.55. The largest absolute Gasteiger partial charge is 0.497 e. The third-order valence-electron chi connectivity index (χ3n) is 4.28. The first-order chi connectivity index (χ1) is 13.2. The van der Waals surface area contributed by atoms with Crippen LogP contribution in [0.15, 0.2) is 89.6 Å². The summed E-state index contributed by atoms with van der Waals surface area (Å²) in [6.45, 7) is 0. The molecule has 0 bridgehead atoms. The van der Waals surface area contributed by atoms with Gasteiger partial charge in [-0.3, -0.25) is 0 Å². The minimum atomic E-state index is -0.451. The van der Waals surface area contributed by atoms with Crippen LogP contribution < -0.4 is 4.74 Å². The van der Waals surface area contributed by atoms with Crippen LogP contribution >= 0.6 is 0 Å². The molecular weight excluding hydrogens is 338 g/mol. The van der Waals surface area contributed by atoms with Gasteiger partial charge in [-0.1, -0.05) is 54.6 Å². The summed E-state index contributed by atoms with van der Waals surface area (Å²) in [4.78, 5) is 16.5. The van der Waals surface area contributed by atoms with Crippen molar-refractivity contribution in [2.75, 3.05) is 7.11 Å². The summed E-state index contributed by atoms with van der Waals surface area (Å²) in [6.07, 6.45) is 1.70. The van der Waals surface area contributed by atoms with E-state index >= 15 is 0 Å². The number of benzene rings is 3. The lowest BCUT2D eigenvalue weighted by Crippen LogP contribution is -2.05. The molecule has 0 atom stereocenters. The van der Waals surface area contributed by atoms with Gasteiger partial charge in [-0.15, -0.1) is 0 Å². The number of carbonyl (C=O) groups excluding carboxylic acids is 1. The van der Waals surface area contributed by atoms with Gasteiger partial charge in [0.15, 0.2) is 5.70 Å². The molecule has 0 fully saturated rings. The summed E-state index contributed by atoms with van der Waals surface area (Å²) in [5, 5.41) is 0. The van der Waals surface area contributed by atoms with E-state index in [2.05, 4.69) is 17.1 Å². The SMILES string of the molecule is COc1ccc(C=C2N=C(c3ccc(-c4ccccc4)cc3)OC2=O)cc1. The number of aliphatic imine (C=N–C) groups is 1. The molecule has 4 heteroatoms. The molecule has 0 spiro atoms. The van der Waals surface area contributed by atoms with Gasteiger partial charge < -0.3 is 9.47 Å². The smallest absolute Gasteiger partial charge is 0.363 e. The summed E-state index contributed by atoms with van der Waals surface area (Å²) in [7, 11) is 1.61. The second kappa shape index (κ2) is 7.30. The topological polar surface area (TPSA) is 47.9 Å². The maximum atomic E-state index is 12.1. The Bertz CT molecular complexity index is 1020. The maximum absolute atomic E-state index is 12.1. The minimum absolute atomic E-state index is 0.280. The number of carbonyl (C=O) groups is 1. The Balaban J connectivity index is 1.58. The molecule has 0 aromatic heterocycles. The van der Waals surface area contributed by atoms with Crippen LogP contribution in [0.25, 0.3) is 17.2 Å². The zero-order valence-electron chi connectivity index (χ0n) is 14.8. The highest BCUT2D eigenvalue weighted by molar-refractivity contribution is 6.12. The Kier molecular flexibility index (Phi) is 4.54. The van der Waals surface area contributed by atoms with E-state index in [-0.39, 0.29) is 5.70 Å². The van der Waals surface area contributed by atoms with E-state index in [4.69, 9.17) is 9.47 Å². The Morgan fingerprint density at radius 3 is 2.11 bits per heavy atom. The molecule has 4 nitrogen and oxygen atoms in total. The number of rotatable bonds is 4. The third kappa shape index (κ3) is 3.65. The predicted molar refractivity (Wildman–Crippen MR) is 105 cm³/mol. The van der Waals surface area contributed by atoms with Crippen molar-refractivity contribution < 1.29 is 14.3 Å². The van der Waals surface area contributed by atoms with Crippen molar-refractivity contribution in [3.8, 4) is 16.9 Å². The number of esters is 1. The molecule has 0 unspecified atom stereocenters. The molecule has 0 N–H and O–H groups in total. The van der Waals surface area contributed by atoms with Gasteiger partial charge >= 0.3 is 5.97 Å². The Labute approximate surface area is 157 Å². The van der Waals surface area contributed by atoms with Gasteiger partial charge in [-0.25, -0.2) is 9.79 Å². The Morgan fingerprint density at radius 2 is 1.44 bits per heavy atom. The minimum Gasteiger partial charge on any atom is -0.497 e. The van der Waals surface area contributed by atoms with Gasteiger partial charge in [-0.2, -0.15) is 0 Å². The predicted octanol–water partition coefficient (Wildman–Crippen LogP) is 4.71. The lowest BCUT2D eigenvalue weighted by atomic mass is 10.0. The van der Waals surface area contributed by atoms with Crippen LogP contribution in [0, 0.1) is 0 Å². The first-order valence-electron chi connectivity index (χ1n) is 8.55. The van der Waals surface area contributed by atoms with Crippen molar-refractivity contribution in [1.82, 2.24) is 0 Å². The highest BCUT2D eigenvalue weighted by Crippen LogP contribution is 2.23. The van der Waals surface area contributed by atoms with E-state index in [1.165, 1.54) is 0 Å². The highest BCUT2D eigenvalue weighted by Gasteiger charge is 2.24. The Morgan fingerprint density at radius 1 is 0.815 bits per heavy atom. The molecule has 0 saturated carbocycles. The van der Waals surface area contributed by atoms with Crippen molar-refractivity contribution in [2.45, 2.75) is 0 Å². The third-order valence-corrected chi connectivity index (χ3v) is 4.28. The number of methoxy groups -OCH3 is 1. The summed E-state index contributed by atoms with van der Waals surface area (Å²) >= 11 is 0. The number of nitrogens with zero attached hydrogens (tertiary/aromatic N) is 1. The van der Waals surface area contributed by atoms with E-state index < -0.39 is 5.97 Å². The van der Waals surface area contributed by atoms with Crippen molar-refractivity contribution in [3.05, 3.63) is 95.7 Å². The van der Waals surface area contributed by atoms with Crippen molar-refractivity contribution in [2.24, 2.45) is 4.99 Å². The molecule has 1 aliphatic heterocycles. The lowest BCUT2D eigenvalue weighted by molar-refractivity contribution is -0.129. The van der Waals surface area contributed by atoms with Crippen molar-refractivity contribution in [1.29, 1.82) is 0 Å². The second-order valence-electron chi connectivity index (χ2n) is 6.05. The second-order valence-corrected chi connectivity index (χ2v) is 6.05. The van der Waals surface area contributed by atoms with Gasteiger partial charge in [0.1, 0.15) is 5.75 Å². The summed E-state index contributed by atoms with van der Waals surface area (Å²) < 4.78 is 10.5. The summed E-state index contributed by atoms with van der Waals surface area (Å²) in [6, 6.07) is 25.3. The average molecular weight is 355 g/mol. The van der Waals surface area contributed by atoms with Crippen LogP contribution in [0.2, 0.25) is 0 Å². The van der Waals surface area contributed by atoms with Crippen LogP contribution in [0.4, 0.5) is 0 Å². The molecule has 3 aromatic rings. The normalized spacial score (nSPS) is 14.8. The zero-order chi connectivity index (χ0) is 18.6. The van der Waals surface area contributed by atoms with Crippen LogP contribution in [0.5, 0.6) is 5.75 Å². The van der Waals surface area contributed by atoms with Crippen LogP contribution in [0.1, 0.15) is 11.1 Å². The molecule has 4 rings (SSSR count). The van der Waals surface area contributed by atoms with E-state index in [0.29, 0.717) is 5.90 Å². The molecule has 3 aromatic carbocycles. The van der Waals surface area contributed by atoms with E-state index in [9.17, 15) is 4.79 Å². The maximum Gasteiger partial charge on any atom is 0.363 e. The van der Waals surface area contributed by atoms with Crippen LogP contribution in [-0.4, -0.2) is 19.0 Å². The molecule has 0 amide bonds. The molecule has 0 saturated heterocycles. The fourth-order valence-electron chi connectivity index (χ4n) is 2.83. The summed E-state index contributed by atoms with van der Waals surface area (Å²) in [5.74, 6) is 0.626. The van der Waals surface area contributed by atoms with E-state index in [1.54, 1.807) is 13.2 Å². The van der Waals surface area contributed by atoms with E-state index in [1.807, 2.05) is 66.7 Å². The molecule has 1 heterocycles. The molecule has 1 aliphatic rings. The van der Waals surface area contributed by atoms with E-state index in [0.717, 1.165) is 28.0 Å². The first kappa shape index (κ1) is 16.8. The highest BCUT2D eigenvalue weighted by atomic mass is 16.6. The molecular formula is C23H17NO3. The van der Waals surface area contributed by atoms with Gasteiger partial charge in [0.2, 0.25) is 5.90 Å². The lowest BCUT2D eigenvalue weighted by Gasteiger charge is -2.03. The number of cyclic esters (lactones) is 1. The van der Waals surface area contributed by atoms with Gasteiger partial charge in [-0.05, 0) is 47.0 Å². The van der Waals surface area contributed by atoms with Crippen LogP contribution in [0.3, 0.4) is 0 Å².